The number of allylic oxidation sites excluding steroid dienone is 2. The zero-order valence-electron chi connectivity index (χ0n) is 32.7. The molecule has 4 aliphatic rings. The highest BCUT2D eigenvalue weighted by Gasteiger charge is 2.35. The SMILES string of the molecule is C.C.C.C.C=C1Cc2c(noc2N(C)C)-c2c3c(nn2C1)CCN(C(=O)c1ccc(Cl)c(Cl)c1)C3.C=C1Cc2c(noc2N)-c2c3c(nn2C1)CCN(C(=O)c1ccc(Cl)c(Cl)c1)C3. The summed E-state index contributed by atoms with van der Waals surface area (Å²) in [5.41, 5.74) is 18.0. The van der Waals surface area contributed by atoms with E-state index < -0.39 is 0 Å². The number of rotatable bonds is 3. The molecule has 2 amide bonds. The molecule has 0 unspecified atom stereocenters. The van der Waals surface area contributed by atoms with E-state index in [1.807, 2.05) is 33.3 Å². The van der Waals surface area contributed by atoms with Crippen LogP contribution < -0.4 is 10.6 Å². The second kappa shape index (κ2) is 19.3. The van der Waals surface area contributed by atoms with E-state index in [0.717, 1.165) is 67.8 Å². The molecule has 6 aromatic rings. The Bertz CT molecular complexity index is 2780. The topological polar surface area (TPSA) is 158 Å². The Morgan fingerprint density at radius 1 is 0.641 bits per heavy atom. The number of amides is 2. The lowest BCUT2D eigenvalue weighted by Gasteiger charge is -2.27. The summed E-state index contributed by atoms with van der Waals surface area (Å²) in [6.45, 7) is 11.6. The first-order chi connectivity index (χ1) is 28.7. The van der Waals surface area contributed by atoms with E-state index in [-0.39, 0.29) is 41.5 Å². The normalized spacial score (nSPS) is 14.4. The summed E-state index contributed by atoms with van der Waals surface area (Å²) < 4.78 is 14.7. The molecule has 0 radical (unpaired) electrons. The van der Waals surface area contributed by atoms with E-state index >= 15 is 0 Å². The predicted octanol–water partition coefficient (Wildman–Crippen LogP) is 10.5. The fraction of sp³-hybridized carbons (Fsp3) is 0.348. The zero-order valence-corrected chi connectivity index (χ0v) is 35.7. The average molecular weight is 953 g/mol. The third-order valence-electron chi connectivity index (χ3n) is 11.2. The second-order valence-electron chi connectivity index (χ2n) is 15.5. The smallest absolute Gasteiger partial charge is 0.254 e. The van der Waals surface area contributed by atoms with E-state index in [0.29, 0.717) is 108 Å². The van der Waals surface area contributed by atoms with Gasteiger partial charge in [0, 0.05) is 75.1 Å². The van der Waals surface area contributed by atoms with Crippen molar-refractivity contribution in [2.75, 3.05) is 37.8 Å². The first kappa shape index (κ1) is 49.5. The summed E-state index contributed by atoms with van der Waals surface area (Å²) >= 11 is 24.2. The number of nitrogen functional groups attached to an aromatic ring is 1. The van der Waals surface area contributed by atoms with Crippen molar-refractivity contribution < 1.29 is 18.6 Å². The monoisotopic (exact) mass is 950 g/mol. The standard InChI is InChI=1S/C22H21Cl2N5O2.C20H17Cl2N5O2.4CH4/c1-12-8-14-19(26-31-22(14)27(2)3)20-15-11-28(7-6-18(15)25-29(20)10-12)21(30)13-4-5-16(23)17(24)9-13;1-10-6-12-17(25-29-19(12)23)18-13-9-26(5-4-16(13)24-27(18)8-10)20(28)11-2-3-14(21)15(22)7-11;;;;/h4-5,9H,1,6-8,10-11H2,2-3H3;2-3,7H,1,4-6,8-9,23H2;4*1H4. The van der Waals surface area contributed by atoms with Crippen molar-refractivity contribution in [1.29, 1.82) is 0 Å². The molecule has 4 aliphatic heterocycles. The van der Waals surface area contributed by atoms with E-state index in [1.165, 1.54) is 0 Å². The van der Waals surface area contributed by atoms with Crippen LogP contribution >= 0.6 is 46.4 Å². The molecular formula is C46H54Cl4N10O4. The molecule has 0 atom stereocenters. The van der Waals surface area contributed by atoms with Crippen LogP contribution in [0.5, 0.6) is 0 Å². The molecule has 0 fully saturated rings. The quantitative estimate of drug-likeness (QED) is 0.169. The van der Waals surface area contributed by atoms with Crippen LogP contribution in [0.25, 0.3) is 22.8 Å². The lowest BCUT2D eigenvalue weighted by molar-refractivity contribution is 0.0727. The number of carbonyl (C=O) groups is 2. The Kier molecular flexibility index (Phi) is 14.9. The van der Waals surface area contributed by atoms with Crippen molar-refractivity contribution in [1.82, 2.24) is 39.7 Å². The third-order valence-corrected chi connectivity index (χ3v) is 12.6. The average Bonchev–Trinajstić information content (AvgIpc) is 3.94. The summed E-state index contributed by atoms with van der Waals surface area (Å²) in [4.78, 5) is 31.7. The molecule has 340 valence electrons. The van der Waals surface area contributed by atoms with Gasteiger partial charge in [-0.2, -0.15) is 10.2 Å². The number of nitrogens with two attached hydrogens (primary N) is 1. The minimum atomic E-state index is -0.105. The molecule has 64 heavy (non-hydrogen) atoms. The van der Waals surface area contributed by atoms with E-state index in [1.54, 1.807) is 41.3 Å². The largest absolute Gasteiger partial charge is 0.367 e. The van der Waals surface area contributed by atoms with Crippen molar-refractivity contribution >= 4 is 70.0 Å². The predicted molar refractivity (Wildman–Crippen MR) is 257 cm³/mol. The Balaban J connectivity index is 0.000000227. The third kappa shape index (κ3) is 8.80. The maximum absolute atomic E-state index is 13.2. The van der Waals surface area contributed by atoms with Gasteiger partial charge in [0.05, 0.1) is 80.2 Å². The van der Waals surface area contributed by atoms with Gasteiger partial charge in [0.15, 0.2) is 0 Å². The first-order valence-corrected chi connectivity index (χ1v) is 20.7. The molecule has 18 heteroatoms. The van der Waals surface area contributed by atoms with Crippen LogP contribution in [0.3, 0.4) is 0 Å². The fourth-order valence-corrected chi connectivity index (χ4v) is 8.89. The van der Waals surface area contributed by atoms with Crippen LogP contribution in [0.2, 0.25) is 20.1 Å². The van der Waals surface area contributed by atoms with Crippen molar-refractivity contribution in [3.63, 3.8) is 0 Å². The highest BCUT2D eigenvalue weighted by Crippen LogP contribution is 2.41. The van der Waals surface area contributed by atoms with Crippen LogP contribution in [0.1, 0.15) is 84.1 Å². The molecule has 0 aliphatic carbocycles. The Labute approximate surface area is 394 Å². The number of aromatic nitrogens is 6. The van der Waals surface area contributed by atoms with Crippen LogP contribution in [-0.2, 0) is 51.9 Å². The first-order valence-electron chi connectivity index (χ1n) is 19.1. The molecular weight excluding hydrogens is 898 g/mol. The number of carbonyl (C=O) groups excluding carboxylic acids is 2. The number of nitrogens with zero attached hydrogens (tertiary/aromatic N) is 9. The summed E-state index contributed by atoms with van der Waals surface area (Å²) in [5.74, 6) is 0.826. The summed E-state index contributed by atoms with van der Waals surface area (Å²) in [6.07, 6.45) is 2.59. The van der Waals surface area contributed by atoms with Gasteiger partial charge in [-0.05, 0) is 36.4 Å². The van der Waals surface area contributed by atoms with Crippen molar-refractivity contribution in [3.05, 3.63) is 126 Å². The summed E-state index contributed by atoms with van der Waals surface area (Å²) in [6, 6.07) is 9.88. The molecule has 14 nitrogen and oxygen atoms in total. The number of hydrogen-bond acceptors (Lipinski definition) is 10. The van der Waals surface area contributed by atoms with Crippen LogP contribution in [0.15, 0.2) is 69.7 Å². The van der Waals surface area contributed by atoms with Gasteiger partial charge < -0.3 is 29.5 Å². The Morgan fingerprint density at radius 3 is 1.53 bits per heavy atom. The van der Waals surface area contributed by atoms with E-state index in [9.17, 15) is 9.59 Å². The maximum atomic E-state index is 13.2. The molecule has 0 saturated carbocycles. The van der Waals surface area contributed by atoms with Crippen molar-refractivity contribution in [2.45, 2.75) is 81.6 Å². The molecule has 8 heterocycles. The molecule has 4 aromatic heterocycles. The van der Waals surface area contributed by atoms with Gasteiger partial charge in [0.25, 0.3) is 11.8 Å². The molecule has 0 bridgehead atoms. The number of halogens is 4. The Hall–Kier alpha value is -5.54. The number of anilines is 2. The van der Waals surface area contributed by atoms with E-state index in [2.05, 4.69) is 23.5 Å². The van der Waals surface area contributed by atoms with E-state index in [4.69, 9.17) is 71.4 Å². The van der Waals surface area contributed by atoms with Gasteiger partial charge in [0.1, 0.15) is 11.4 Å². The van der Waals surface area contributed by atoms with Gasteiger partial charge in [-0.15, -0.1) is 0 Å². The van der Waals surface area contributed by atoms with Crippen LogP contribution in [0.4, 0.5) is 11.8 Å². The second-order valence-corrected chi connectivity index (χ2v) is 17.1. The van der Waals surface area contributed by atoms with Gasteiger partial charge in [0.2, 0.25) is 11.8 Å². The van der Waals surface area contributed by atoms with Gasteiger partial charge >= 0.3 is 0 Å². The van der Waals surface area contributed by atoms with Gasteiger partial charge in [-0.1, -0.05) is 111 Å². The van der Waals surface area contributed by atoms with Gasteiger partial charge in [-0.3, -0.25) is 19.0 Å². The Morgan fingerprint density at radius 2 is 1.08 bits per heavy atom. The summed E-state index contributed by atoms with van der Waals surface area (Å²) in [7, 11) is 3.86. The van der Waals surface area contributed by atoms with Crippen LogP contribution in [-0.4, -0.2) is 78.7 Å². The minimum absolute atomic E-state index is 0. The molecule has 2 aromatic carbocycles. The molecule has 2 N–H and O–H groups in total. The number of benzene rings is 2. The molecule has 10 rings (SSSR count). The highest BCUT2D eigenvalue weighted by atomic mass is 35.5. The number of fused-ring (bicyclic) bond motifs is 10. The highest BCUT2D eigenvalue weighted by molar-refractivity contribution is 6.42. The zero-order chi connectivity index (χ0) is 42.1. The summed E-state index contributed by atoms with van der Waals surface area (Å²) in [5, 5.41) is 19.7. The fourth-order valence-electron chi connectivity index (χ4n) is 8.29. The lowest BCUT2D eigenvalue weighted by atomic mass is 10.00. The molecule has 0 spiro atoms. The van der Waals surface area contributed by atoms with Crippen molar-refractivity contribution in [2.24, 2.45) is 0 Å². The van der Waals surface area contributed by atoms with Crippen LogP contribution in [0, 0.1) is 0 Å². The lowest BCUT2D eigenvalue weighted by Crippen LogP contribution is -2.36. The van der Waals surface area contributed by atoms with Gasteiger partial charge in [-0.25, -0.2) is 0 Å². The maximum Gasteiger partial charge on any atom is 0.254 e. The van der Waals surface area contributed by atoms with Crippen molar-refractivity contribution in [3.8, 4) is 22.8 Å². The number of hydrogen-bond donors (Lipinski definition) is 1. The molecule has 0 saturated heterocycles. The minimum Gasteiger partial charge on any atom is -0.367 e.